The Balaban J connectivity index is 1.44. The van der Waals surface area contributed by atoms with Gasteiger partial charge in [-0.2, -0.15) is 9.40 Å². The molecule has 0 bridgehead atoms. The smallest absolute Gasteiger partial charge is 0.243 e. The number of carbonyl (C=O) groups excluding carboxylic acids is 1. The van der Waals surface area contributed by atoms with E-state index in [4.69, 9.17) is 0 Å². The number of nitrogens with zero attached hydrogens (tertiary/aromatic N) is 4. The zero-order chi connectivity index (χ0) is 29.0. The van der Waals surface area contributed by atoms with Gasteiger partial charge in [-0.25, -0.2) is 25.9 Å². The van der Waals surface area contributed by atoms with Crippen LogP contribution >= 0.6 is 0 Å². The van der Waals surface area contributed by atoms with Crippen molar-refractivity contribution in [1.82, 2.24) is 19.1 Å². The van der Waals surface area contributed by atoms with E-state index in [-0.39, 0.29) is 53.0 Å². The summed E-state index contributed by atoms with van der Waals surface area (Å²) in [6.45, 7) is -0.0601. The molecular weight excluding hydrogens is 567 g/mol. The molecule has 1 aliphatic heterocycles. The number of hydrogen-bond acceptors (Lipinski definition) is 7. The molecule has 3 heterocycles. The van der Waals surface area contributed by atoms with Crippen molar-refractivity contribution in [2.45, 2.75) is 22.6 Å². The Morgan fingerprint density at radius 1 is 0.976 bits per heavy atom. The maximum atomic E-state index is 14.2. The van der Waals surface area contributed by atoms with Crippen molar-refractivity contribution >= 4 is 31.7 Å². The van der Waals surface area contributed by atoms with E-state index in [9.17, 15) is 26.0 Å². The van der Waals surface area contributed by atoms with E-state index < -0.39 is 25.3 Å². The number of sulfonamides is 1. The summed E-state index contributed by atoms with van der Waals surface area (Å²) in [5.41, 5.74) is 1.84. The number of fused-ring (bicyclic) bond motifs is 2. The molecule has 0 amide bonds. The molecule has 2 aliphatic rings. The van der Waals surface area contributed by atoms with Gasteiger partial charge in [0.05, 0.1) is 32.8 Å². The van der Waals surface area contributed by atoms with Crippen LogP contribution in [-0.2, 0) is 26.3 Å². The van der Waals surface area contributed by atoms with E-state index in [1.807, 2.05) is 6.08 Å². The number of benzene rings is 2. The number of sulfone groups is 1. The molecular formula is C29H25FN4O5S2. The third-order valence-corrected chi connectivity index (χ3v) is 10.6. The lowest BCUT2D eigenvalue weighted by Crippen LogP contribution is -2.53. The normalized spacial score (nSPS) is 19.2. The van der Waals surface area contributed by atoms with Gasteiger partial charge in [0, 0.05) is 25.5 Å². The number of pyridine rings is 1. The van der Waals surface area contributed by atoms with Crippen molar-refractivity contribution < 1.29 is 26.0 Å². The molecule has 2 aromatic carbocycles. The molecule has 0 unspecified atom stereocenters. The zero-order valence-electron chi connectivity index (χ0n) is 21.9. The standard InChI is InChI=1S/C29H25FN4O5S2/c1-40(36,37)24-5-4-6-25(16-24)41(38,39)33-14-12-21-15-27-20(18-32-34(27)23-10-8-22(30)9-11-23)17-29(21,19-33)28(35)26-7-2-3-13-31-26/h2-11,13,15-16,18H,12,14,17,19H2,1H3/t29-/m0/s1. The van der Waals surface area contributed by atoms with Gasteiger partial charge in [0.1, 0.15) is 11.5 Å². The molecule has 1 saturated heterocycles. The van der Waals surface area contributed by atoms with E-state index in [1.165, 1.54) is 40.8 Å². The molecule has 1 aliphatic carbocycles. The average Bonchev–Trinajstić information content (AvgIpc) is 3.38. The van der Waals surface area contributed by atoms with Crippen LogP contribution in [-0.4, -0.2) is 61.0 Å². The van der Waals surface area contributed by atoms with E-state index in [2.05, 4.69) is 10.1 Å². The van der Waals surface area contributed by atoms with Gasteiger partial charge in [0.2, 0.25) is 10.0 Å². The highest BCUT2D eigenvalue weighted by atomic mass is 32.2. The molecule has 0 saturated carbocycles. The van der Waals surface area contributed by atoms with Gasteiger partial charge in [-0.1, -0.05) is 17.7 Å². The van der Waals surface area contributed by atoms with Crippen LogP contribution in [0.3, 0.4) is 0 Å². The minimum atomic E-state index is -4.16. The fourth-order valence-corrected chi connectivity index (χ4v) is 7.85. The van der Waals surface area contributed by atoms with Crippen molar-refractivity contribution in [3.63, 3.8) is 0 Å². The number of hydrogen-bond donors (Lipinski definition) is 0. The molecule has 210 valence electrons. The second kappa shape index (κ2) is 9.82. The Hall–Kier alpha value is -4.00. The molecule has 1 fully saturated rings. The van der Waals surface area contributed by atoms with Crippen LogP contribution in [0, 0.1) is 11.2 Å². The van der Waals surface area contributed by atoms with Crippen LogP contribution in [0.15, 0.2) is 94.5 Å². The predicted octanol–water partition coefficient (Wildman–Crippen LogP) is 3.71. The van der Waals surface area contributed by atoms with Gasteiger partial charge in [-0.3, -0.25) is 9.78 Å². The summed E-state index contributed by atoms with van der Waals surface area (Å²) < 4.78 is 68.4. The van der Waals surface area contributed by atoms with Gasteiger partial charge in [0.25, 0.3) is 0 Å². The molecule has 12 heteroatoms. The van der Waals surface area contributed by atoms with Crippen molar-refractivity contribution in [3.05, 3.63) is 107 Å². The molecule has 1 atom stereocenters. The minimum absolute atomic E-state index is 0.0918. The van der Waals surface area contributed by atoms with Gasteiger partial charge < -0.3 is 0 Å². The highest BCUT2D eigenvalue weighted by molar-refractivity contribution is 7.91. The third-order valence-electron chi connectivity index (χ3n) is 7.66. The minimum Gasteiger partial charge on any atom is -0.291 e. The maximum absolute atomic E-state index is 14.2. The van der Waals surface area contributed by atoms with Gasteiger partial charge in [0.15, 0.2) is 15.6 Å². The van der Waals surface area contributed by atoms with E-state index in [1.54, 1.807) is 41.2 Å². The first-order valence-electron chi connectivity index (χ1n) is 12.8. The van der Waals surface area contributed by atoms with Gasteiger partial charge in [-0.15, -0.1) is 0 Å². The number of halogens is 1. The highest BCUT2D eigenvalue weighted by Crippen LogP contribution is 2.47. The zero-order valence-corrected chi connectivity index (χ0v) is 23.6. The lowest BCUT2D eigenvalue weighted by Gasteiger charge is -2.44. The number of aromatic nitrogens is 3. The first-order chi connectivity index (χ1) is 19.5. The summed E-state index contributed by atoms with van der Waals surface area (Å²) in [5.74, 6) is -0.682. The van der Waals surface area contributed by atoms with Crippen LogP contribution in [0.2, 0.25) is 0 Å². The topological polar surface area (TPSA) is 119 Å². The Kier molecular flexibility index (Phi) is 6.51. The van der Waals surface area contributed by atoms with Crippen molar-refractivity contribution in [2.75, 3.05) is 19.3 Å². The van der Waals surface area contributed by atoms with Crippen molar-refractivity contribution in [2.24, 2.45) is 5.41 Å². The second-order valence-corrected chi connectivity index (χ2v) is 14.2. The van der Waals surface area contributed by atoms with E-state index in [0.717, 1.165) is 29.2 Å². The van der Waals surface area contributed by atoms with Crippen molar-refractivity contribution in [1.29, 1.82) is 0 Å². The van der Waals surface area contributed by atoms with Crippen LogP contribution in [0.5, 0.6) is 0 Å². The Bertz CT molecular complexity index is 1920. The molecule has 0 radical (unpaired) electrons. The lowest BCUT2D eigenvalue weighted by atomic mass is 9.65. The molecule has 2 aromatic heterocycles. The molecule has 0 spiro atoms. The quantitative estimate of drug-likeness (QED) is 0.313. The highest BCUT2D eigenvalue weighted by Gasteiger charge is 2.51. The fourth-order valence-electron chi connectivity index (χ4n) is 5.57. The number of piperidine rings is 1. The summed E-state index contributed by atoms with van der Waals surface area (Å²) in [6, 6.07) is 16.2. The molecule has 9 nitrogen and oxygen atoms in total. The summed E-state index contributed by atoms with van der Waals surface area (Å²) in [5, 5.41) is 4.50. The predicted molar refractivity (Wildman–Crippen MR) is 149 cm³/mol. The first-order valence-corrected chi connectivity index (χ1v) is 16.1. The average molecular weight is 593 g/mol. The number of ketones is 1. The van der Waals surface area contributed by atoms with Crippen molar-refractivity contribution in [3.8, 4) is 5.69 Å². The number of Topliss-reactive ketones (excluding diaryl/α,β-unsaturated/α-hetero) is 1. The Morgan fingerprint density at radius 3 is 2.44 bits per heavy atom. The summed E-state index contributed by atoms with van der Waals surface area (Å²) in [6.07, 6.45) is 6.50. The summed E-state index contributed by atoms with van der Waals surface area (Å²) >= 11 is 0. The summed E-state index contributed by atoms with van der Waals surface area (Å²) in [4.78, 5) is 18.2. The Labute approximate surface area is 236 Å². The molecule has 4 aromatic rings. The molecule has 6 rings (SSSR count). The van der Waals surface area contributed by atoms with Crippen LogP contribution in [0.25, 0.3) is 11.8 Å². The van der Waals surface area contributed by atoms with E-state index >= 15 is 0 Å². The summed E-state index contributed by atoms with van der Waals surface area (Å²) in [7, 11) is -7.79. The third kappa shape index (κ3) is 4.71. The lowest BCUT2D eigenvalue weighted by molar-refractivity contribution is 0.0770. The van der Waals surface area contributed by atoms with E-state index in [0.29, 0.717) is 5.69 Å². The molecule has 0 N–H and O–H groups in total. The number of carbonyl (C=O) groups is 1. The van der Waals surface area contributed by atoms with Gasteiger partial charge in [-0.05, 0) is 79.1 Å². The second-order valence-electron chi connectivity index (χ2n) is 10.3. The molecule has 41 heavy (non-hydrogen) atoms. The SMILES string of the molecule is CS(=O)(=O)c1cccc(S(=O)(=O)N2CCC3=Cc4c(cnn4-c4ccc(F)cc4)C[C@]3(C(=O)c3ccccn3)C2)c1. The fraction of sp³-hybridized carbons (Fsp3) is 0.207. The maximum Gasteiger partial charge on any atom is 0.243 e. The number of rotatable bonds is 6. The van der Waals surface area contributed by atoms with Crippen LogP contribution in [0.4, 0.5) is 4.39 Å². The Morgan fingerprint density at radius 2 is 1.73 bits per heavy atom. The monoisotopic (exact) mass is 592 g/mol. The largest absolute Gasteiger partial charge is 0.291 e. The van der Waals surface area contributed by atoms with Gasteiger partial charge >= 0.3 is 0 Å². The first kappa shape index (κ1) is 27.2. The van der Waals surface area contributed by atoms with Crippen LogP contribution < -0.4 is 0 Å². The van der Waals surface area contributed by atoms with Crippen LogP contribution in [0.1, 0.15) is 28.2 Å².